The largest absolute Gasteiger partial charge is 0.453 e. The number of fused-ring (bicyclic) bond motifs is 1. The van der Waals surface area contributed by atoms with E-state index in [1.807, 2.05) is 18.3 Å². The first-order valence-electron chi connectivity index (χ1n) is 12.3. The lowest BCUT2D eigenvalue weighted by molar-refractivity contribution is 0.174. The molecule has 4 aromatic rings. The summed E-state index contributed by atoms with van der Waals surface area (Å²) in [4.78, 5) is 24.2. The van der Waals surface area contributed by atoms with E-state index in [1.165, 1.54) is 23.5 Å². The SMILES string of the molecule is O=C(Nc1ccc(Oc2ccnc3cc(-c4ccc(CN5CC[C@@H](O)C5)cn4)sc23)c(F)c1)NC1CC1. The number of amides is 2. The van der Waals surface area contributed by atoms with Gasteiger partial charge >= 0.3 is 6.03 Å². The number of likely N-dealkylation sites (tertiary alicyclic amines) is 1. The van der Waals surface area contributed by atoms with Crippen LogP contribution in [0.2, 0.25) is 0 Å². The number of aromatic nitrogens is 2. The number of anilines is 1. The molecule has 3 aromatic heterocycles. The minimum atomic E-state index is -0.575. The van der Waals surface area contributed by atoms with Crippen LogP contribution in [0.25, 0.3) is 20.8 Å². The number of ether oxygens (including phenoxy) is 1. The number of aliphatic hydroxyl groups excluding tert-OH is 1. The van der Waals surface area contributed by atoms with Crippen molar-refractivity contribution in [1.82, 2.24) is 20.2 Å². The highest BCUT2D eigenvalue weighted by Crippen LogP contribution is 2.39. The Kier molecular flexibility index (Phi) is 6.45. The van der Waals surface area contributed by atoms with Crippen LogP contribution < -0.4 is 15.4 Å². The molecule has 2 fully saturated rings. The van der Waals surface area contributed by atoms with Gasteiger partial charge in [-0.2, -0.15) is 0 Å². The highest BCUT2D eigenvalue weighted by Gasteiger charge is 2.23. The molecule has 6 rings (SSSR count). The molecule has 190 valence electrons. The van der Waals surface area contributed by atoms with E-state index in [4.69, 9.17) is 4.74 Å². The Morgan fingerprint density at radius 2 is 2.03 bits per heavy atom. The van der Waals surface area contributed by atoms with Gasteiger partial charge in [-0.25, -0.2) is 9.18 Å². The summed E-state index contributed by atoms with van der Waals surface area (Å²) < 4.78 is 21.5. The number of urea groups is 1. The molecular formula is C27H26FN5O3S. The van der Waals surface area contributed by atoms with Crippen LogP contribution in [0.4, 0.5) is 14.9 Å². The lowest BCUT2D eigenvalue weighted by Gasteiger charge is -2.14. The van der Waals surface area contributed by atoms with Crippen molar-refractivity contribution < 1.29 is 19.0 Å². The predicted octanol–water partition coefficient (Wildman–Crippen LogP) is 5.14. The monoisotopic (exact) mass is 519 g/mol. The van der Waals surface area contributed by atoms with Crippen LogP contribution in [-0.4, -0.2) is 51.2 Å². The summed E-state index contributed by atoms with van der Waals surface area (Å²) in [5.41, 5.74) is 3.02. The van der Waals surface area contributed by atoms with Crippen molar-refractivity contribution in [3.8, 4) is 22.1 Å². The van der Waals surface area contributed by atoms with Crippen LogP contribution in [0.15, 0.2) is 54.9 Å². The first kappa shape index (κ1) is 23.8. The second-order valence-corrected chi connectivity index (χ2v) is 10.5. The fourth-order valence-corrected chi connectivity index (χ4v) is 5.40. The van der Waals surface area contributed by atoms with E-state index in [1.54, 1.807) is 18.3 Å². The van der Waals surface area contributed by atoms with Crippen molar-refractivity contribution in [1.29, 1.82) is 0 Å². The third kappa shape index (κ3) is 5.56. The van der Waals surface area contributed by atoms with Crippen molar-refractivity contribution in [3.63, 3.8) is 0 Å². The maximum Gasteiger partial charge on any atom is 0.319 e. The zero-order chi connectivity index (χ0) is 25.4. The zero-order valence-electron chi connectivity index (χ0n) is 20.0. The Bertz CT molecular complexity index is 1440. The average molecular weight is 520 g/mol. The van der Waals surface area contributed by atoms with Crippen LogP contribution in [0.5, 0.6) is 11.5 Å². The number of hydrogen-bond donors (Lipinski definition) is 3. The van der Waals surface area contributed by atoms with E-state index in [0.29, 0.717) is 18.0 Å². The molecule has 1 atom stereocenters. The van der Waals surface area contributed by atoms with Gasteiger partial charge in [0.2, 0.25) is 0 Å². The van der Waals surface area contributed by atoms with Crippen molar-refractivity contribution >= 4 is 33.3 Å². The van der Waals surface area contributed by atoms with E-state index in [9.17, 15) is 14.3 Å². The molecule has 1 aliphatic heterocycles. The molecule has 10 heteroatoms. The van der Waals surface area contributed by atoms with E-state index in [2.05, 4.69) is 31.6 Å². The summed E-state index contributed by atoms with van der Waals surface area (Å²) in [6, 6.07) is 11.9. The van der Waals surface area contributed by atoms with Gasteiger partial charge in [-0.15, -0.1) is 11.3 Å². The standard InChI is InChI=1S/C27H26FN5O3S/c28-20-11-18(32-27(35)31-17-2-3-17)4-6-23(20)36-24-7-9-29-22-12-25(37-26(22)24)21-5-1-16(13-30-21)14-33-10-8-19(34)15-33/h1,4-7,9,11-13,17,19,34H,2-3,8,10,14-15H2,(H2,31,32,35)/t19-/m1/s1. The molecule has 2 aliphatic rings. The van der Waals surface area contributed by atoms with E-state index in [0.717, 1.165) is 58.7 Å². The predicted molar refractivity (Wildman–Crippen MR) is 140 cm³/mol. The van der Waals surface area contributed by atoms with E-state index in [-0.39, 0.29) is 23.9 Å². The molecule has 1 saturated carbocycles. The van der Waals surface area contributed by atoms with Gasteiger partial charge < -0.3 is 20.5 Å². The Morgan fingerprint density at radius 1 is 1.14 bits per heavy atom. The van der Waals surface area contributed by atoms with Crippen molar-refractivity contribution in [2.75, 3.05) is 18.4 Å². The summed E-state index contributed by atoms with van der Waals surface area (Å²) in [5.74, 6) is -0.0182. The molecule has 0 bridgehead atoms. The number of nitrogens with zero attached hydrogens (tertiary/aromatic N) is 3. The van der Waals surface area contributed by atoms with E-state index < -0.39 is 5.82 Å². The number of carbonyl (C=O) groups is 1. The summed E-state index contributed by atoms with van der Waals surface area (Å²) in [6.45, 7) is 2.35. The topological polar surface area (TPSA) is 99.6 Å². The van der Waals surface area contributed by atoms with Crippen molar-refractivity contribution in [2.45, 2.75) is 38.0 Å². The van der Waals surface area contributed by atoms with Crippen LogP contribution in [0.1, 0.15) is 24.8 Å². The molecule has 37 heavy (non-hydrogen) atoms. The summed E-state index contributed by atoms with van der Waals surface area (Å²) >= 11 is 1.48. The van der Waals surface area contributed by atoms with Crippen LogP contribution >= 0.6 is 11.3 Å². The number of carbonyl (C=O) groups excluding carboxylic acids is 1. The van der Waals surface area contributed by atoms with Crippen LogP contribution in [0.3, 0.4) is 0 Å². The second-order valence-electron chi connectivity index (χ2n) is 9.48. The molecular weight excluding hydrogens is 493 g/mol. The van der Waals surface area contributed by atoms with Crippen molar-refractivity contribution in [2.24, 2.45) is 0 Å². The molecule has 0 unspecified atom stereocenters. The van der Waals surface area contributed by atoms with E-state index >= 15 is 0 Å². The van der Waals surface area contributed by atoms with Gasteiger partial charge in [-0.1, -0.05) is 6.07 Å². The van der Waals surface area contributed by atoms with Gasteiger partial charge in [0.15, 0.2) is 11.6 Å². The number of pyridine rings is 2. The first-order chi connectivity index (χ1) is 18.0. The number of nitrogens with one attached hydrogen (secondary N) is 2. The summed E-state index contributed by atoms with van der Waals surface area (Å²) in [7, 11) is 0. The van der Waals surface area contributed by atoms with Crippen LogP contribution in [-0.2, 0) is 6.54 Å². The first-order valence-corrected chi connectivity index (χ1v) is 13.1. The molecule has 0 radical (unpaired) electrons. The van der Waals surface area contributed by atoms with Gasteiger partial charge in [0.05, 0.1) is 26.9 Å². The number of thiophene rings is 1. The lowest BCUT2D eigenvalue weighted by atomic mass is 10.2. The van der Waals surface area contributed by atoms with Gasteiger partial charge in [-0.05, 0) is 49.1 Å². The fraction of sp³-hybridized carbons (Fsp3) is 0.296. The number of aliphatic hydroxyl groups is 1. The quantitative estimate of drug-likeness (QED) is 0.313. The number of hydrogen-bond acceptors (Lipinski definition) is 7. The zero-order valence-corrected chi connectivity index (χ0v) is 20.8. The molecule has 8 nitrogen and oxygen atoms in total. The smallest absolute Gasteiger partial charge is 0.319 e. The maximum absolute atomic E-state index is 14.8. The maximum atomic E-state index is 14.8. The molecule has 3 N–H and O–H groups in total. The number of β-amino-alcohol motifs (C(OH)–C–C–N with tert-alkyl or cyclic N) is 1. The second kappa shape index (κ2) is 10.0. The minimum Gasteiger partial charge on any atom is -0.453 e. The molecule has 1 aliphatic carbocycles. The normalized spacial score (nSPS) is 17.7. The third-order valence-corrected chi connectivity index (χ3v) is 7.59. The average Bonchev–Trinajstić information content (AvgIpc) is 3.42. The highest BCUT2D eigenvalue weighted by atomic mass is 32.1. The Balaban J connectivity index is 1.17. The molecule has 4 heterocycles. The Labute approximate surface area is 217 Å². The number of halogens is 1. The molecule has 0 spiro atoms. The Morgan fingerprint density at radius 3 is 2.76 bits per heavy atom. The minimum absolute atomic E-state index is 0.0603. The molecule has 2 amide bonds. The summed E-state index contributed by atoms with van der Waals surface area (Å²) in [5, 5.41) is 15.2. The van der Waals surface area contributed by atoms with Crippen molar-refractivity contribution in [3.05, 3.63) is 66.2 Å². The number of benzene rings is 1. The van der Waals surface area contributed by atoms with Gasteiger partial charge in [0, 0.05) is 55.9 Å². The van der Waals surface area contributed by atoms with Crippen LogP contribution in [0, 0.1) is 5.82 Å². The van der Waals surface area contributed by atoms with Gasteiger partial charge in [-0.3, -0.25) is 14.9 Å². The lowest BCUT2D eigenvalue weighted by Crippen LogP contribution is -2.30. The summed E-state index contributed by atoms with van der Waals surface area (Å²) in [6.07, 6.45) is 6.02. The molecule has 1 aromatic carbocycles. The Hall–Kier alpha value is -3.60. The van der Waals surface area contributed by atoms with Gasteiger partial charge in [0.25, 0.3) is 0 Å². The highest BCUT2D eigenvalue weighted by molar-refractivity contribution is 7.22. The number of rotatable bonds is 7. The van der Waals surface area contributed by atoms with Gasteiger partial charge in [0.1, 0.15) is 5.75 Å². The fourth-order valence-electron chi connectivity index (χ4n) is 4.36. The molecule has 1 saturated heterocycles. The third-order valence-electron chi connectivity index (χ3n) is 6.43.